The number of carbonyl (C=O) groups is 1. The van der Waals surface area contributed by atoms with Gasteiger partial charge in [-0.3, -0.25) is 4.79 Å². The highest BCUT2D eigenvalue weighted by Gasteiger charge is 2.10. The van der Waals surface area contributed by atoms with Gasteiger partial charge in [-0.15, -0.1) is 0 Å². The molecule has 0 amide bonds. The molecule has 0 N–H and O–H groups in total. The maximum atomic E-state index is 12.9. The molecule has 0 bridgehead atoms. The summed E-state index contributed by atoms with van der Waals surface area (Å²) in [7, 11) is -3.07. The molecule has 0 aliphatic rings. The summed E-state index contributed by atoms with van der Waals surface area (Å²) in [5.74, 6) is -1.66. The highest BCUT2D eigenvalue weighted by molar-refractivity contribution is 7.91. The average Bonchev–Trinajstić information content (AvgIpc) is 2.27. The summed E-state index contributed by atoms with van der Waals surface area (Å²) in [6.07, 6.45) is 0.255. The van der Waals surface area contributed by atoms with E-state index in [2.05, 4.69) is 0 Å². The van der Waals surface area contributed by atoms with Crippen LogP contribution in [-0.4, -0.2) is 25.7 Å². The van der Waals surface area contributed by atoms with Crippen LogP contribution in [0.5, 0.6) is 0 Å². The van der Waals surface area contributed by atoms with Crippen LogP contribution in [0.2, 0.25) is 0 Å². The van der Waals surface area contributed by atoms with Crippen LogP contribution in [-0.2, 0) is 21.1 Å². The molecule has 0 saturated heterocycles. The SMILES string of the molecule is CCS(=O)(=O)CCCC(=O)Cc1cc(F)cc(F)c1. The van der Waals surface area contributed by atoms with Gasteiger partial charge in [0.05, 0.1) is 5.75 Å². The highest BCUT2D eigenvalue weighted by Crippen LogP contribution is 2.10. The van der Waals surface area contributed by atoms with Gasteiger partial charge in [-0.2, -0.15) is 0 Å². The van der Waals surface area contributed by atoms with Gasteiger partial charge in [0.15, 0.2) is 0 Å². The third kappa shape index (κ3) is 5.92. The van der Waals surface area contributed by atoms with Crippen LogP contribution in [0.15, 0.2) is 18.2 Å². The predicted octanol–water partition coefficient (Wildman–Crippen LogP) is 2.29. The van der Waals surface area contributed by atoms with Gasteiger partial charge < -0.3 is 0 Å². The van der Waals surface area contributed by atoms with Crippen LogP contribution in [0.4, 0.5) is 8.78 Å². The van der Waals surface area contributed by atoms with Gasteiger partial charge in [-0.05, 0) is 24.1 Å². The Labute approximate surface area is 111 Å². The van der Waals surface area contributed by atoms with Gasteiger partial charge in [-0.1, -0.05) is 6.92 Å². The Morgan fingerprint density at radius 2 is 1.74 bits per heavy atom. The van der Waals surface area contributed by atoms with Crippen molar-refractivity contribution in [3.63, 3.8) is 0 Å². The molecule has 1 aromatic carbocycles. The summed E-state index contributed by atoms with van der Waals surface area (Å²) in [5, 5.41) is 0. The second kappa shape index (κ2) is 6.75. The summed E-state index contributed by atoms with van der Waals surface area (Å²) in [6, 6.07) is 2.94. The molecule has 0 heterocycles. The summed E-state index contributed by atoms with van der Waals surface area (Å²) in [5.41, 5.74) is 0.265. The summed E-state index contributed by atoms with van der Waals surface area (Å²) in [4.78, 5) is 11.6. The molecule has 0 saturated carbocycles. The van der Waals surface area contributed by atoms with E-state index in [0.717, 1.165) is 18.2 Å². The molecule has 0 spiro atoms. The van der Waals surface area contributed by atoms with Crippen molar-refractivity contribution in [3.8, 4) is 0 Å². The maximum absolute atomic E-state index is 12.9. The third-order valence-electron chi connectivity index (χ3n) is 2.67. The van der Waals surface area contributed by atoms with E-state index < -0.39 is 21.5 Å². The van der Waals surface area contributed by atoms with Gasteiger partial charge >= 0.3 is 0 Å². The second-order valence-corrected chi connectivity index (χ2v) is 6.81. The maximum Gasteiger partial charge on any atom is 0.150 e. The first-order valence-electron chi connectivity index (χ1n) is 5.99. The highest BCUT2D eigenvalue weighted by atomic mass is 32.2. The van der Waals surface area contributed by atoms with Crippen molar-refractivity contribution in [2.75, 3.05) is 11.5 Å². The number of ketones is 1. The smallest absolute Gasteiger partial charge is 0.150 e. The van der Waals surface area contributed by atoms with Gasteiger partial charge in [0.2, 0.25) is 0 Å². The number of hydrogen-bond donors (Lipinski definition) is 0. The van der Waals surface area contributed by atoms with Crippen LogP contribution >= 0.6 is 0 Å². The van der Waals surface area contributed by atoms with E-state index in [-0.39, 0.29) is 42.1 Å². The standard InChI is InChI=1S/C13H16F2O3S/c1-2-19(17,18)5-3-4-13(16)8-10-6-11(14)9-12(15)7-10/h6-7,9H,2-5,8H2,1H3. The molecule has 0 radical (unpaired) electrons. The fourth-order valence-electron chi connectivity index (χ4n) is 1.66. The Morgan fingerprint density at radius 1 is 1.16 bits per heavy atom. The van der Waals surface area contributed by atoms with Crippen molar-refractivity contribution in [1.82, 2.24) is 0 Å². The Balaban J connectivity index is 2.47. The number of benzene rings is 1. The van der Waals surface area contributed by atoms with Crippen LogP contribution in [0.1, 0.15) is 25.3 Å². The monoisotopic (exact) mass is 290 g/mol. The Bertz CT molecular complexity index is 533. The number of sulfone groups is 1. The minimum absolute atomic E-state index is 0.0350. The molecule has 1 rings (SSSR count). The lowest BCUT2D eigenvalue weighted by Gasteiger charge is -2.03. The average molecular weight is 290 g/mol. The minimum Gasteiger partial charge on any atom is -0.299 e. The molecule has 0 atom stereocenters. The molecule has 0 aliphatic carbocycles. The van der Waals surface area contributed by atoms with E-state index in [1.54, 1.807) is 6.92 Å². The van der Waals surface area contributed by atoms with E-state index >= 15 is 0 Å². The van der Waals surface area contributed by atoms with Gasteiger partial charge in [0, 0.05) is 24.7 Å². The fourth-order valence-corrected chi connectivity index (χ4v) is 2.54. The number of halogens is 2. The molecule has 0 aliphatic heterocycles. The zero-order valence-electron chi connectivity index (χ0n) is 10.7. The zero-order chi connectivity index (χ0) is 14.5. The molecule has 19 heavy (non-hydrogen) atoms. The minimum atomic E-state index is -3.07. The number of hydrogen-bond acceptors (Lipinski definition) is 3. The molecule has 0 aromatic heterocycles. The van der Waals surface area contributed by atoms with Crippen LogP contribution in [0.25, 0.3) is 0 Å². The molecular formula is C13H16F2O3S. The lowest BCUT2D eigenvalue weighted by atomic mass is 10.1. The largest absolute Gasteiger partial charge is 0.299 e. The third-order valence-corrected chi connectivity index (χ3v) is 4.46. The van der Waals surface area contributed by atoms with E-state index in [4.69, 9.17) is 0 Å². The number of Topliss-reactive ketones (excluding diaryl/α,β-unsaturated/α-hetero) is 1. The first-order chi connectivity index (χ1) is 8.82. The zero-order valence-corrected chi connectivity index (χ0v) is 11.5. The molecule has 3 nitrogen and oxygen atoms in total. The Hall–Kier alpha value is -1.30. The van der Waals surface area contributed by atoms with Crippen molar-refractivity contribution < 1.29 is 22.0 Å². The Morgan fingerprint density at radius 3 is 2.26 bits per heavy atom. The van der Waals surface area contributed by atoms with E-state index in [1.807, 2.05) is 0 Å². The summed E-state index contributed by atoms with van der Waals surface area (Å²) in [6.45, 7) is 1.55. The van der Waals surface area contributed by atoms with E-state index in [0.29, 0.717) is 0 Å². The molecule has 0 fully saturated rings. The van der Waals surface area contributed by atoms with Crippen molar-refractivity contribution in [3.05, 3.63) is 35.4 Å². The Kier molecular flexibility index (Phi) is 5.60. The number of rotatable bonds is 7. The first kappa shape index (κ1) is 15.8. The summed E-state index contributed by atoms with van der Waals surface area (Å²) >= 11 is 0. The quantitative estimate of drug-likeness (QED) is 0.774. The van der Waals surface area contributed by atoms with Gasteiger partial charge in [0.25, 0.3) is 0 Å². The summed E-state index contributed by atoms with van der Waals surface area (Å²) < 4.78 is 48.2. The number of carbonyl (C=O) groups excluding carboxylic acids is 1. The van der Waals surface area contributed by atoms with Crippen LogP contribution < -0.4 is 0 Å². The van der Waals surface area contributed by atoms with E-state index in [1.165, 1.54) is 0 Å². The fraction of sp³-hybridized carbons (Fsp3) is 0.462. The van der Waals surface area contributed by atoms with Crippen molar-refractivity contribution in [2.45, 2.75) is 26.2 Å². The molecule has 1 aromatic rings. The normalized spacial score (nSPS) is 11.5. The first-order valence-corrected chi connectivity index (χ1v) is 7.81. The van der Waals surface area contributed by atoms with Gasteiger partial charge in [0.1, 0.15) is 27.3 Å². The van der Waals surface area contributed by atoms with Crippen molar-refractivity contribution in [1.29, 1.82) is 0 Å². The second-order valence-electron chi connectivity index (χ2n) is 4.33. The predicted molar refractivity (Wildman–Crippen MR) is 68.6 cm³/mol. The molecule has 0 unspecified atom stereocenters. The van der Waals surface area contributed by atoms with Crippen LogP contribution in [0.3, 0.4) is 0 Å². The lowest BCUT2D eigenvalue weighted by Crippen LogP contribution is -2.11. The van der Waals surface area contributed by atoms with Gasteiger partial charge in [-0.25, -0.2) is 17.2 Å². The molecular weight excluding hydrogens is 274 g/mol. The van der Waals surface area contributed by atoms with Crippen molar-refractivity contribution >= 4 is 15.6 Å². The molecule has 106 valence electrons. The van der Waals surface area contributed by atoms with Crippen LogP contribution in [0, 0.1) is 11.6 Å². The van der Waals surface area contributed by atoms with E-state index in [9.17, 15) is 22.0 Å². The molecule has 6 heteroatoms. The topological polar surface area (TPSA) is 51.2 Å². The lowest BCUT2D eigenvalue weighted by molar-refractivity contribution is -0.118. The van der Waals surface area contributed by atoms with Crippen molar-refractivity contribution in [2.24, 2.45) is 0 Å².